The normalized spacial score (nSPS) is 17.8. The maximum atomic E-state index is 12.4. The van der Waals surface area contributed by atoms with Gasteiger partial charge in [-0.25, -0.2) is 13.1 Å². The van der Waals surface area contributed by atoms with Crippen LogP contribution in [0.15, 0.2) is 53.4 Å². The first-order chi connectivity index (χ1) is 11.0. The quantitative estimate of drug-likeness (QED) is 0.842. The average Bonchev–Trinajstić information content (AvgIpc) is 2.55. The van der Waals surface area contributed by atoms with Crippen molar-refractivity contribution in [3.8, 4) is 0 Å². The van der Waals surface area contributed by atoms with E-state index >= 15 is 0 Å². The van der Waals surface area contributed by atoms with Gasteiger partial charge >= 0.3 is 0 Å². The van der Waals surface area contributed by atoms with E-state index in [0.29, 0.717) is 12.2 Å². The molecule has 3 N–H and O–H groups in total. The molecular formula is C17H21N3O2S. The summed E-state index contributed by atoms with van der Waals surface area (Å²) in [6.45, 7) is 1.32. The molecule has 0 fully saturated rings. The van der Waals surface area contributed by atoms with Crippen LogP contribution >= 0.6 is 0 Å². The standard InChI is InChI=1S/C17H21N3O2S/c1-20-11-10-13(16-4-2-3-5-17(16)20)12-19-23(21,22)15-8-6-14(18)7-9-15/h2-9,13,19H,10-12,18H2,1H3/t13-/m0/s1. The largest absolute Gasteiger partial charge is 0.399 e. The van der Waals surface area contributed by atoms with E-state index in [1.165, 1.54) is 23.4 Å². The molecule has 6 heteroatoms. The van der Waals surface area contributed by atoms with Crippen LogP contribution in [0.4, 0.5) is 11.4 Å². The van der Waals surface area contributed by atoms with Crippen LogP contribution in [0.3, 0.4) is 0 Å². The SMILES string of the molecule is CN1CC[C@@H](CNS(=O)(=O)c2ccc(N)cc2)c2ccccc21. The topological polar surface area (TPSA) is 75.4 Å². The van der Waals surface area contributed by atoms with Gasteiger partial charge in [0.05, 0.1) is 4.90 Å². The molecule has 0 aromatic heterocycles. The van der Waals surface area contributed by atoms with Gasteiger partial charge in [-0.15, -0.1) is 0 Å². The molecule has 0 unspecified atom stereocenters. The number of nitrogen functional groups attached to an aromatic ring is 1. The third kappa shape index (κ3) is 3.33. The zero-order valence-electron chi connectivity index (χ0n) is 13.1. The molecule has 23 heavy (non-hydrogen) atoms. The van der Waals surface area contributed by atoms with E-state index in [9.17, 15) is 8.42 Å². The monoisotopic (exact) mass is 331 g/mol. The molecule has 1 aliphatic rings. The van der Waals surface area contributed by atoms with Crippen LogP contribution in [0.1, 0.15) is 17.9 Å². The highest BCUT2D eigenvalue weighted by atomic mass is 32.2. The summed E-state index contributed by atoms with van der Waals surface area (Å²) in [6.07, 6.45) is 0.928. The second-order valence-corrected chi connectivity index (χ2v) is 7.65. The van der Waals surface area contributed by atoms with Crippen molar-refractivity contribution in [3.05, 3.63) is 54.1 Å². The number of benzene rings is 2. The lowest BCUT2D eigenvalue weighted by Crippen LogP contribution is -2.34. The molecule has 1 aliphatic heterocycles. The highest BCUT2D eigenvalue weighted by molar-refractivity contribution is 7.89. The van der Waals surface area contributed by atoms with Crippen molar-refractivity contribution >= 4 is 21.4 Å². The molecule has 5 nitrogen and oxygen atoms in total. The maximum Gasteiger partial charge on any atom is 0.240 e. The number of rotatable bonds is 4. The predicted octanol–water partition coefficient (Wildman–Crippen LogP) is 2.17. The molecule has 0 aliphatic carbocycles. The molecule has 0 saturated heterocycles. The van der Waals surface area contributed by atoms with Crippen molar-refractivity contribution in [3.63, 3.8) is 0 Å². The Hall–Kier alpha value is -2.05. The molecular weight excluding hydrogens is 310 g/mol. The Labute approximate surface area is 137 Å². The van der Waals surface area contributed by atoms with Gasteiger partial charge in [-0.2, -0.15) is 0 Å². The zero-order chi connectivity index (χ0) is 16.4. The van der Waals surface area contributed by atoms with Crippen LogP contribution in [0.2, 0.25) is 0 Å². The number of fused-ring (bicyclic) bond motifs is 1. The molecule has 2 aromatic carbocycles. The van der Waals surface area contributed by atoms with Gasteiger partial charge in [-0.3, -0.25) is 0 Å². The van der Waals surface area contributed by atoms with E-state index in [0.717, 1.165) is 13.0 Å². The summed E-state index contributed by atoms with van der Waals surface area (Å²) in [5, 5.41) is 0. The molecule has 2 aromatic rings. The average molecular weight is 331 g/mol. The smallest absolute Gasteiger partial charge is 0.240 e. The van der Waals surface area contributed by atoms with Crippen LogP contribution < -0.4 is 15.4 Å². The molecule has 0 spiro atoms. The van der Waals surface area contributed by atoms with Gasteiger partial charge in [0.15, 0.2) is 0 Å². The van der Waals surface area contributed by atoms with Gasteiger partial charge in [0, 0.05) is 37.4 Å². The molecule has 0 saturated carbocycles. The van der Waals surface area contributed by atoms with E-state index < -0.39 is 10.0 Å². The maximum absolute atomic E-state index is 12.4. The fraction of sp³-hybridized carbons (Fsp3) is 0.294. The highest BCUT2D eigenvalue weighted by Crippen LogP contribution is 2.34. The first-order valence-corrected chi connectivity index (χ1v) is 9.11. The number of hydrogen-bond donors (Lipinski definition) is 2. The van der Waals surface area contributed by atoms with Gasteiger partial charge in [0.25, 0.3) is 0 Å². The predicted molar refractivity (Wildman–Crippen MR) is 93.1 cm³/mol. The molecule has 1 atom stereocenters. The van der Waals surface area contributed by atoms with Gasteiger partial charge in [0.2, 0.25) is 10.0 Å². The Morgan fingerprint density at radius 3 is 2.61 bits per heavy atom. The van der Waals surface area contributed by atoms with Crippen LogP contribution in [-0.4, -0.2) is 28.6 Å². The number of anilines is 2. The molecule has 0 amide bonds. The second kappa shape index (κ2) is 6.22. The summed E-state index contributed by atoms with van der Waals surface area (Å²) >= 11 is 0. The van der Waals surface area contributed by atoms with Gasteiger partial charge < -0.3 is 10.6 Å². The lowest BCUT2D eigenvalue weighted by Gasteiger charge is -2.33. The summed E-state index contributed by atoms with van der Waals surface area (Å²) in [5.41, 5.74) is 8.53. The molecule has 122 valence electrons. The Morgan fingerprint density at radius 1 is 1.17 bits per heavy atom. The lowest BCUT2D eigenvalue weighted by atomic mass is 9.90. The summed E-state index contributed by atoms with van der Waals surface area (Å²) in [5.74, 6) is 0.186. The van der Waals surface area contributed by atoms with Crippen LogP contribution in [0.25, 0.3) is 0 Å². The summed E-state index contributed by atoms with van der Waals surface area (Å²) in [6, 6.07) is 14.4. The van der Waals surface area contributed by atoms with E-state index in [1.807, 2.05) is 12.1 Å². The first-order valence-electron chi connectivity index (χ1n) is 7.62. The van der Waals surface area contributed by atoms with Crippen molar-refractivity contribution in [2.24, 2.45) is 0 Å². The fourth-order valence-electron chi connectivity index (χ4n) is 2.96. The minimum atomic E-state index is -3.51. The molecule has 0 radical (unpaired) electrons. The minimum Gasteiger partial charge on any atom is -0.399 e. The lowest BCUT2D eigenvalue weighted by molar-refractivity contribution is 0.550. The number of para-hydroxylation sites is 1. The van der Waals surface area contributed by atoms with Crippen LogP contribution in [0, 0.1) is 0 Å². The van der Waals surface area contributed by atoms with Crippen molar-refractivity contribution in [1.29, 1.82) is 0 Å². The Morgan fingerprint density at radius 2 is 1.87 bits per heavy atom. The highest BCUT2D eigenvalue weighted by Gasteiger charge is 2.24. The van der Waals surface area contributed by atoms with Gasteiger partial charge in [-0.05, 0) is 42.3 Å². The number of nitrogens with one attached hydrogen (secondary N) is 1. The fourth-order valence-corrected chi connectivity index (χ4v) is 4.04. The van der Waals surface area contributed by atoms with E-state index in [1.54, 1.807) is 12.1 Å². The van der Waals surface area contributed by atoms with Crippen molar-refractivity contribution in [2.75, 3.05) is 30.8 Å². The van der Waals surface area contributed by atoms with Crippen LogP contribution in [-0.2, 0) is 10.0 Å². The molecule has 0 bridgehead atoms. The summed E-state index contributed by atoms with van der Waals surface area (Å²) < 4.78 is 27.5. The summed E-state index contributed by atoms with van der Waals surface area (Å²) in [7, 11) is -1.45. The molecule has 3 rings (SSSR count). The Kier molecular flexibility index (Phi) is 4.28. The zero-order valence-corrected chi connectivity index (χ0v) is 13.9. The van der Waals surface area contributed by atoms with E-state index in [4.69, 9.17) is 5.73 Å². The Bertz CT molecular complexity index is 788. The second-order valence-electron chi connectivity index (χ2n) is 5.89. The summed E-state index contributed by atoms with van der Waals surface area (Å²) in [4.78, 5) is 2.45. The van der Waals surface area contributed by atoms with E-state index in [-0.39, 0.29) is 10.8 Å². The van der Waals surface area contributed by atoms with Gasteiger partial charge in [-0.1, -0.05) is 18.2 Å². The van der Waals surface area contributed by atoms with Gasteiger partial charge in [0.1, 0.15) is 0 Å². The number of nitrogens with zero attached hydrogens (tertiary/aromatic N) is 1. The number of hydrogen-bond acceptors (Lipinski definition) is 4. The third-order valence-corrected chi connectivity index (χ3v) is 5.75. The number of sulfonamides is 1. The van der Waals surface area contributed by atoms with Crippen molar-refractivity contribution in [1.82, 2.24) is 4.72 Å². The number of nitrogens with two attached hydrogens (primary N) is 1. The third-order valence-electron chi connectivity index (χ3n) is 4.31. The van der Waals surface area contributed by atoms with E-state index in [2.05, 4.69) is 28.8 Å². The molecule has 1 heterocycles. The Balaban J connectivity index is 1.76. The van der Waals surface area contributed by atoms with Crippen molar-refractivity contribution < 1.29 is 8.42 Å². The first kappa shape index (κ1) is 15.8. The van der Waals surface area contributed by atoms with Crippen LogP contribution in [0.5, 0.6) is 0 Å². The van der Waals surface area contributed by atoms with Crippen molar-refractivity contribution in [2.45, 2.75) is 17.2 Å². The minimum absolute atomic E-state index is 0.186.